The average molecular weight is 197 g/mol. The molecule has 1 rings (SSSR count). The molecule has 0 aliphatic heterocycles. The molecule has 77 valence electrons. The van der Waals surface area contributed by atoms with Crippen LogP contribution in [0.4, 0.5) is 4.39 Å². The van der Waals surface area contributed by atoms with E-state index in [0.29, 0.717) is 23.8 Å². The number of halogens is 1. The summed E-state index contributed by atoms with van der Waals surface area (Å²) in [5, 5.41) is 8.89. The van der Waals surface area contributed by atoms with Gasteiger partial charge in [0.05, 0.1) is 13.2 Å². The Bertz CT molecular complexity index is 299. The van der Waals surface area contributed by atoms with Crippen molar-refractivity contribution >= 4 is 0 Å². The maximum absolute atomic E-state index is 13.3. The van der Waals surface area contributed by atoms with Crippen LogP contribution in [0.15, 0.2) is 18.2 Å². The molecule has 1 aromatic rings. The Kier molecular flexibility index (Phi) is 3.89. The fourth-order valence-electron chi connectivity index (χ4n) is 1.17. The lowest BCUT2D eigenvalue weighted by atomic mass is 10.0. The minimum Gasteiger partial charge on any atom is -0.494 e. The predicted octanol–water partition coefficient (Wildman–Crippen LogP) is 2.16. The van der Waals surface area contributed by atoms with E-state index in [2.05, 4.69) is 0 Å². The van der Waals surface area contributed by atoms with E-state index < -0.39 is 0 Å². The normalized spacial score (nSPS) is 10.6. The molecule has 0 heterocycles. The van der Waals surface area contributed by atoms with Crippen molar-refractivity contribution in [3.63, 3.8) is 0 Å². The van der Waals surface area contributed by atoms with Gasteiger partial charge in [0, 0.05) is 11.5 Å². The van der Waals surface area contributed by atoms with E-state index in [-0.39, 0.29) is 12.4 Å². The van der Waals surface area contributed by atoms with E-state index in [4.69, 9.17) is 9.84 Å². The highest BCUT2D eigenvalue weighted by Crippen LogP contribution is 2.23. The van der Waals surface area contributed by atoms with E-state index >= 15 is 0 Å². The third-order valence-corrected chi connectivity index (χ3v) is 1.95. The first-order valence-corrected chi connectivity index (χ1v) is 4.55. The molecule has 0 fully saturated rings. The van der Waals surface area contributed by atoms with E-state index in [9.17, 15) is 4.39 Å². The number of rotatable bonds is 4. The summed E-state index contributed by atoms with van der Waals surface area (Å²) in [6.45, 7) is 3.95. The third-order valence-electron chi connectivity index (χ3n) is 1.95. The van der Waals surface area contributed by atoms with Crippen molar-refractivity contribution in [3.8, 4) is 5.75 Å². The summed E-state index contributed by atoms with van der Waals surface area (Å²) in [6, 6.07) is 4.52. The Morgan fingerprint density at radius 1 is 1.50 bits per heavy atom. The SMILES string of the molecule is CCOc1ccc(F)c([C](C)CO)c1. The summed E-state index contributed by atoms with van der Waals surface area (Å²) < 4.78 is 18.5. The van der Waals surface area contributed by atoms with Gasteiger partial charge in [-0.15, -0.1) is 0 Å². The predicted molar refractivity (Wildman–Crippen MR) is 52.7 cm³/mol. The summed E-state index contributed by atoms with van der Waals surface area (Å²) >= 11 is 0. The van der Waals surface area contributed by atoms with Crippen LogP contribution in [0.3, 0.4) is 0 Å². The van der Waals surface area contributed by atoms with Gasteiger partial charge in [-0.3, -0.25) is 0 Å². The first kappa shape index (κ1) is 11.0. The van der Waals surface area contributed by atoms with Crippen molar-refractivity contribution in [1.82, 2.24) is 0 Å². The van der Waals surface area contributed by atoms with Crippen molar-refractivity contribution in [2.24, 2.45) is 0 Å². The topological polar surface area (TPSA) is 29.5 Å². The number of hydrogen-bond donors (Lipinski definition) is 1. The lowest BCUT2D eigenvalue weighted by Gasteiger charge is -2.11. The zero-order valence-electron chi connectivity index (χ0n) is 8.38. The summed E-state index contributed by atoms with van der Waals surface area (Å²) in [5.41, 5.74) is 0.415. The van der Waals surface area contributed by atoms with Gasteiger partial charge in [0.2, 0.25) is 0 Å². The summed E-state index contributed by atoms with van der Waals surface area (Å²) in [4.78, 5) is 0. The van der Waals surface area contributed by atoms with Crippen molar-refractivity contribution in [1.29, 1.82) is 0 Å². The van der Waals surface area contributed by atoms with Gasteiger partial charge < -0.3 is 9.84 Å². The Labute approximate surface area is 83.3 Å². The number of ether oxygens (including phenoxy) is 1. The van der Waals surface area contributed by atoms with Crippen LogP contribution in [0.1, 0.15) is 19.4 Å². The van der Waals surface area contributed by atoms with Gasteiger partial charge in [-0.25, -0.2) is 4.39 Å². The Morgan fingerprint density at radius 3 is 2.79 bits per heavy atom. The minimum atomic E-state index is -0.333. The monoisotopic (exact) mass is 197 g/mol. The molecule has 2 nitrogen and oxygen atoms in total. The number of benzene rings is 1. The van der Waals surface area contributed by atoms with E-state index in [0.717, 1.165) is 0 Å². The van der Waals surface area contributed by atoms with Gasteiger partial charge in [-0.05, 0) is 25.1 Å². The smallest absolute Gasteiger partial charge is 0.127 e. The first-order chi connectivity index (χ1) is 6.69. The zero-order chi connectivity index (χ0) is 10.6. The average Bonchev–Trinajstić information content (AvgIpc) is 2.20. The zero-order valence-corrected chi connectivity index (χ0v) is 8.38. The van der Waals surface area contributed by atoms with E-state index in [1.165, 1.54) is 6.07 Å². The first-order valence-electron chi connectivity index (χ1n) is 4.55. The lowest BCUT2D eigenvalue weighted by Crippen LogP contribution is -2.04. The van der Waals surface area contributed by atoms with Crippen LogP contribution in [-0.4, -0.2) is 18.3 Å². The molecule has 0 aromatic heterocycles. The summed E-state index contributed by atoms with van der Waals surface area (Å²) in [6.07, 6.45) is 0. The van der Waals surface area contributed by atoms with Crippen LogP contribution in [0.25, 0.3) is 0 Å². The number of aliphatic hydroxyl groups excluding tert-OH is 1. The molecule has 0 atom stereocenters. The fourth-order valence-corrected chi connectivity index (χ4v) is 1.17. The van der Waals surface area contributed by atoms with Crippen molar-refractivity contribution in [2.45, 2.75) is 13.8 Å². The number of hydrogen-bond acceptors (Lipinski definition) is 2. The van der Waals surface area contributed by atoms with Crippen molar-refractivity contribution in [2.75, 3.05) is 13.2 Å². The van der Waals surface area contributed by atoms with Crippen LogP contribution in [0.5, 0.6) is 5.75 Å². The molecule has 1 radical (unpaired) electrons. The Hall–Kier alpha value is -1.09. The van der Waals surface area contributed by atoms with Crippen LogP contribution < -0.4 is 4.74 Å². The molecule has 14 heavy (non-hydrogen) atoms. The second-order valence-electron chi connectivity index (χ2n) is 3.01. The quantitative estimate of drug-likeness (QED) is 0.801. The van der Waals surface area contributed by atoms with Crippen molar-refractivity contribution < 1.29 is 14.2 Å². The molecule has 0 bridgehead atoms. The summed E-state index contributed by atoms with van der Waals surface area (Å²) in [5.74, 6) is 0.890. The van der Waals surface area contributed by atoms with Crippen LogP contribution in [0.2, 0.25) is 0 Å². The van der Waals surface area contributed by atoms with Gasteiger partial charge in [0.25, 0.3) is 0 Å². The van der Waals surface area contributed by atoms with Crippen LogP contribution >= 0.6 is 0 Å². The molecule has 1 aromatic carbocycles. The van der Waals surface area contributed by atoms with Gasteiger partial charge in [0.15, 0.2) is 0 Å². The highest BCUT2D eigenvalue weighted by atomic mass is 19.1. The van der Waals surface area contributed by atoms with Gasteiger partial charge in [-0.2, -0.15) is 0 Å². The standard InChI is InChI=1S/C11H14FO2/c1-3-14-9-4-5-11(12)10(6-9)8(2)7-13/h4-6,13H,3,7H2,1-2H3. The molecule has 0 unspecified atom stereocenters. The highest BCUT2D eigenvalue weighted by Gasteiger charge is 2.11. The lowest BCUT2D eigenvalue weighted by molar-refractivity contribution is 0.312. The fraction of sp³-hybridized carbons (Fsp3) is 0.364. The summed E-state index contributed by atoms with van der Waals surface area (Å²) in [7, 11) is 0. The molecule has 0 saturated heterocycles. The molecular weight excluding hydrogens is 183 g/mol. The van der Waals surface area contributed by atoms with Crippen molar-refractivity contribution in [3.05, 3.63) is 35.5 Å². The molecule has 0 saturated carbocycles. The van der Waals surface area contributed by atoms with E-state index in [1.807, 2.05) is 6.92 Å². The molecule has 0 aliphatic carbocycles. The van der Waals surface area contributed by atoms with Gasteiger partial charge >= 0.3 is 0 Å². The van der Waals surface area contributed by atoms with Gasteiger partial charge in [0.1, 0.15) is 11.6 Å². The minimum absolute atomic E-state index is 0.146. The third kappa shape index (κ3) is 2.45. The maximum Gasteiger partial charge on any atom is 0.127 e. The van der Waals surface area contributed by atoms with E-state index in [1.54, 1.807) is 19.1 Å². The second-order valence-corrected chi connectivity index (χ2v) is 3.01. The largest absolute Gasteiger partial charge is 0.494 e. The highest BCUT2D eigenvalue weighted by molar-refractivity contribution is 5.38. The van der Waals surface area contributed by atoms with Gasteiger partial charge in [-0.1, -0.05) is 6.92 Å². The second kappa shape index (κ2) is 4.96. The molecule has 0 amide bonds. The molecule has 1 N–H and O–H groups in total. The Morgan fingerprint density at radius 2 is 2.21 bits per heavy atom. The number of aliphatic hydroxyl groups is 1. The molecule has 3 heteroatoms. The molecular formula is C11H14FO2. The molecule has 0 aliphatic rings. The van der Waals surface area contributed by atoms with Crippen LogP contribution in [0, 0.1) is 11.7 Å². The molecule has 0 spiro atoms. The van der Waals surface area contributed by atoms with Crippen LogP contribution in [-0.2, 0) is 0 Å². The Balaban J connectivity index is 2.95. The maximum atomic E-state index is 13.3.